The molecule has 30 heavy (non-hydrogen) atoms. The third-order valence-electron chi connectivity index (χ3n) is 5.01. The van der Waals surface area contributed by atoms with E-state index < -0.39 is 0 Å². The number of aromatic amines is 1. The summed E-state index contributed by atoms with van der Waals surface area (Å²) in [7, 11) is 0. The van der Waals surface area contributed by atoms with Gasteiger partial charge in [-0.1, -0.05) is 54.6 Å². The molecule has 0 bridgehead atoms. The van der Waals surface area contributed by atoms with Crippen LogP contribution in [0.3, 0.4) is 0 Å². The van der Waals surface area contributed by atoms with Crippen molar-refractivity contribution < 1.29 is 4.79 Å². The van der Waals surface area contributed by atoms with Gasteiger partial charge in [-0.05, 0) is 42.9 Å². The molecule has 3 aromatic rings. The summed E-state index contributed by atoms with van der Waals surface area (Å²) in [5.74, 6) is 0.00920. The van der Waals surface area contributed by atoms with Gasteiger partial charge in [0.1, 0.15) is 0 Å². The summed E-state index contributed by atoms with van der Waals surface area (Å²) in [5, 5.41) is 2.95. The second-order valence-corrected chi connectivity index (χ2v) is 7.42. The zero-order chi connectivity index (χ0) is 21.3. The zero-order valence-electron chi connectivity index (χ0n) is 17.2. The molecule has 6 heteroatoms. The first-order chi connectivity index (χ1) is 14.5. The zero-order valence-corrected chi connectivity index (χ0v) is 17.2. The number of rotatable bonds is 9. The van der Waals surface area contributed by atoms with Gasteiger partial charge < -0.3 is 9.88 Å². The normalized spacial score (nSPS) is 10.7. The van der Waals surface area contributed by atoms with Crippen LogP contribution in [0.15, 0.2) is 70.4 Å². The number of benzene rings is 2. The van der Waals surface area contributed by atoms with E-state index in [2.05, 4.69) is 22.4 Å². The van der Waals surface area contributed by atoms with Crippen LogP contribution in [-0.2, 0) is 17.8 Å². The quantitative estimate of drug-likeness (QED) is 0.537. The van der Waals surface area contributed by atoms with E-state index >= 15 is 0 Å². The number of aryl methyl sites for hydroxylation is 2. The molecular formula is C24H27N3O3. The van der Waals surface area contributed by atoms with Crippen molar-refractivity contribution in [1.82, 2.24) is 14.9 Å². The number of hydrogen-bond donors (Lipinski definition) is 2. The molecule has 0 aliphatic heterocycles. The Morgan fingerprint density at radius 2 is 1.63 bits per heavy atom. The van der Waals surface area contributed by atoms with Crippen LogP contribution in [-0.4, -0.2) is 22.0 Å². The second-order valence-electron chi connectivity index (χ2n) is 7.42. The average Bonchev–Trinajstić information content (AvgIpc) is 2.75. The van der Waals surface area contributed by atoms with Gasteiger partial charge in [0.05, 0.1) is 6.42 Å². The van der Waals surface area contributed by atoms with Crippen molar-refractivity contribution in [3.8, 4) is 11.1 Å². The number of unbranched alkanes of at least 4 members (excludes halogenated alkanes) is 2. The molecule has 0 spiro atoms. The van der Waals surface area contributed by atoms with Crippen LogP contribution < -0.4 is 16.6 Å². The lowest BCUT2D eigenvalue weighted by molar-refractivity contribution is -0.120. The Bertz CT molecular complexity index is 1080. The molecule has 0 fully saturated rings. The highest BCUT2D eigenvalue weighted by molar-refractivity contribution is 5.78. The minimum absolute atomic E-state index is 0.00920. The van der Waals surface area contributed by atoms with Gasteiger partial charge in [0, 0.05) is 24.8 Å². The van der Waals surface area contributed by atoms with Gasteiger partial charge in [0.15, 0.2) is 0 Å². The van der Waals surface area contributed by atoms with Gasteiger partial charge in [0.2, 0.25) is 5.91 Å². The maximum atomic E-state index is 12.1. The van der Waals surface area contributed by atoms with Crippen molar-refractivity contribution in [2.24, 2.45) is 0 Å². The highest BCUT2D eigenvalue weighted by Gasteiger charge is 2.04. The monoisotopic (exact) mass is 405 g/mol. The molecule has 0 radical (unpaired) electrons. The van der Waals surface area contributed by atoms with Crippen LogP contribution in [0, 0.1) is 6.92 Å². The summed E-state index contributed by atoms with van der Waals surface area (Å²) in [6.07, 6.45) is 4.49. The van der Waals surface area contributed by atoms with Crippen LogP contribution >= 0.6 is 0 Å². The summed E-state index contributed by atoms with van der Waals surface area (Å²) in [6, 6.07) is 18.2. The fourth-order valence-corrected chi connectivity index (χ4v) is 3.29. The molecule has 1 amide bonds. The molecule has 3 rings (SSSR count). The summed E-state index contributed by atoms with van der Waals surface area (Å²) < 4.78 is 1.52. The summed E-state index contributed by atoms with van der Waals surface area (Å²) in [6.45, 7) is 2.85. The van der Waals surface area contributed by atoms with Gasteiger partial charge >= 0.3 is 5.69 Å². The van der Waals surface area contributed by atoms with Crippen LogP contribution in [0.4, 0.5) is 0 Å². The van der Waals surface area contributed by atoms with Gasteiger partial charge in [0.25, 0.3) is 5.56 Å². The van der Waals surface area contributed by atoms with Gasteiger partial charge in [-0.2, -0.15) is 0 Å². The molecule has 2 N–H and O–H groups in total. The van der Waals surface area contributed by atoms with E-state index in [-0.39, 0.29) is 17.2 Å². The Hall–Kier alpha value is -3.41. The first-order valence-corrected chi connectivity index (χ1v) is 10.2. The highest BCUT2D eigenvalue weighted by Crippen LogP contribution is 2.19. The molecule has 0 saturated carbocycles. The summed E-state index contributed by atoms with van der Waals surface area (Å²) in [5.41, 5.74) is 3.09. The van der Waals surface area contributed by atoms with E-state index in [0.29, 0.717) is 25.1 Å². The SMILES string of the molecule is Cc1cn(CCCCCNC(=O)Cc2ccc(-c3ccccc3)cc2)c(=O)[nH]c1=O. The molecular weight excluding hydrogens is 378 g/mol. The Kier molecular flexibility index (Phi) is 7.38. The van der Waals surface area contributed by atoms with E-state index in [1.165, 1.54) is 4.57 Å². The Morgan fingerprint density at radius 3 is 2.37 bits per heavy atom. The number of amides is 1. The lowest BCUT2D eigenvalue weighted by Gasteiger charge is -2.08. The molecule has 1 heterocycles. The van der Waals surface area contributed by atoms with Gasteiger partial charge in [-0.15, -0.1) is 0 Å². The smallest absolute Gasteiger partial charge is 0.328 e. The van der Waals surface area contributed by atoms with Crippen LogP contribution in [0.5, 0.6) is 0 Å². The molecule has 156 valence electrons. The lowest BCUT2D eigenvalue weighted by Crippen LogP contribution is -2.30. The number of aromatic nitrogens is 2. The number of H-pyrrole nitrogens is 1. The number of nitrogens with zero attached hydrogens (tertiary/aromatic N) is 1. The van der Waals surface area contributed by atoms with Crippen molar-refractivity contribution in [3.63, 3.8) is 0 Å². The molecule has 0 aliphatic rings. The molecule has 6 nitrogen and oxygen atoms in total. The number of carbonyl (C=O) groups excluding carboxylic acids is 1. The first kappa shape index (κ1) is 21.3. The van der Waals surface area contributed by atoms with Crippen molar-refractivity contribution in [2.75, 3.05) is 6.54 Å². The number of nitrogens with one attached hydrogen (secondary N) is 2. The fraction of sp³-hybridized carbons (Fsp3) is 0.292. The van der Waals surface area contributed by atoms with E-state index in [4.69, 9.17) is 0 Å². The Labute approximate surface area is 175 Å². The Morgan fingerprint density at radius 1 is 0.933 bits per heavy atom. The van der Waals surface area contributed by atoms with E-state index in [0.717, 1.165) is 36.0 Å². The predicted octanol–water partition coefficient (Wildman–Crippen LogP) is 3.04. The van der Waals surface area contributed by atoms with E-state index in [9.17, 15) is 14.4 Å². The topological polar surface area (TPSA) is 84.0 Å². The lowest BCUT2D eigenvalue weighted by atomic mass is 10.0. The number of hydrogen-bond acceptors (Lipinski definition) is 3. The van der Waals surface area contributed by atoms with Crippen LogP contribution in [0.2, 0.25) is 0 Å². The third kappa shape index (κ3) is 6.04. The summed E-state index contributed by atoms with van der Waals surface area (Å²) >= 11 is 0. The second kappa shape index (κ2) is 10.4. The maximum absolute atomic E-state index is 12.1. The van der Waals surface area contributed by atoms with Crippen LogP contribution in [0.1, 0.15) is 30.4 Å². The van der Waals surface area contributed by atoms with E-state index in [1.807, 2.05) is 42.5 Å². The maximum Gasteiger partial charge on any atom is 0.328 e. The van der Waals surface area contributed by atoms with Crippen molar-refractivity contribution >= 4 is 5.91 Å². The van der Waals surface area contributed by atoms with Gasteiger partial charge in [-0.25, -0.2) is 4.79 Å². The van der Waals surface area contributed by atoms with Crippen molar-refractivity contribution in [1.29, 1.82) is 0 Å². The molecule has 0 aliphatic carbocycles. The largest absolute Gasteiger partial charge is 0.356 e. The number of carbonyl (C=O) groups is 1. The molecule has 0 saturated heterocycles. The van der Waals surface area contributed by atoms with Crippen molar-refractivity contribution in [3.05, 3.63) is 92.8 Å². The molecule has 2 aromatic carbocycles. The average molecular weight is 405 g/mol. The summed E-state index contributed by atoms with van der Waals surface area (Å²) in [4.78, 5) is 37.6. The minimum Gasteiger partial charge on any atom is -0.356 e. The fourth-order valence-electron chi connectivity index (χ4n) is 3.29. The van der Waals surface area contributed by atoms with Gasteiger partial charge in [-0.3, -0.25) is 14.6 Å². The molecule has 0 unspecified atom stereocenters. The van der Waals surface area contributed by atoms with Crippen LogP contribution in [0.25, 0.3) is 11.1 Å². The Balaban J connectivity index is 1.36. The highest BCUT2D eigenvalue weighted by atomic mass is 16.2. The molecule has 0 atom stereocenters. The standard InChI is InChI=1S/C24H27N3O3/c1-18-17-27(24(30)26-23(18)29)15-7-3-6-14-25-22(28)16-19-10-12-21(13-11-19)20-8-4-2-5-9-20/h2,4-5,8-13,17H,3,6-7,14-16H2,1H3,(H,25,28)(H,26,29,30). The third-order valence-corrected chi connectivity index (χ3v) is 5.01. The van der Waals surface area contributed by atoms with E-state index in [1.54, 1.807) is 13.1 Å². The first-order valence-electron chi connectivity index (χ1n) is 10.2. The van der Waals surface area contributed by atoms with Crippen molar-refractivity contribution in [2.45, 2.75) is 39.2 Å². The molecule has 1 aromatic heterocycles. The minimum atomic E-state index is -0.378. The predicted molar refractivity (Wildman–Crippen MR) is 119 cm³/mol.